The first-order chi connectivity index (χ1) is 12.9. The lowest BCUT2D eigenvalue weighted by Gasteiger charge is -2.35. The van der Waals surface area contributed by atoms with Crippen LogP contribution in [0.1, 0.15) is 68.3 Å². The Balaban J connectivity index is 0.00000392. The summed E-state index contributed by atoms with van der Waals surface area (Å²) in [7, 11) is 0. The number of rotatable bonds is 8. The second-order valence-electron chi connectivity index (χ2n) is 8.19. The molecule has 0 aliphatic carbocycles. The van der Waals surface area contributed by atoms with E-state index >= 15 is 0 Å². The fraction of sp³-hybridized carbons (Fsp3) is 0.636. The van der Waals surface area contributed by atoms with Gasteiger partial charge in [-0.3, -0.25) is 9.59 Å². The van der Waals surface area contributed by atoms with E-state index in [1.54, 1.807) is 0 Å². The molecule has 2 amide bonds. The Hall–Kier alpha value is -1.59. The summed E-state index contributed by atoms with van der Waals surface area (Å²) in [6.45, 7) is 8.68. The summed E-state index contributed by atoms with van der Waals surface area (Å²) in [5.74, 6) is 1.13. The van der Waals surface area contributed by atoms with Gasteiger partial charge >= 0.3 is 0 Å². The highest BCUT2D eigenvalue weighted by Gasteiger charge is 2.26. The molecule has 28 heavy (non-hydrogen) atoms. The number of nitrogens with zero attached hydrogens (tertiary/aromatic N) is 1. The van der Waals surface area contributed by atoms with Gasteiger partial charge in [0.15, 0.2) is 0 Å². The number of hydrogen-bond acceptors (Lipinski definition) is 3. The molecule has 0 radical (unpaired) electrons. The second-order valence-corrected chi connectivity index (χ2v) is 8.19. The molecule has 0 spiro atoms. The van der Waals surface area contributed by atoms with E-state index in [-0.39, 0.29) is 24.2 Å². The number of nitrogens with one attached hydrogen (secondary N) is 1. The van der Waals surface area contributed by atoms with Gasteiger partial charge in [0.1, 0.15) is 0 Å². The minimum atomic E-state index is 0. The molecule has 2 atom stereocenters. The summed E-state index contributed by atoms with van der Waals surface area (Å²) in [6, 6.07) is 5.61. The number of carbonyl (C=O) groups is 2. The van der Waals surface area contributed by atoms with Crippen molar-refractivity contribution >= 4 is 29.9 Å². The monoisotopic (exact) mass is 409 g/mol. The lowest BCUT2D eigenvalue weighted by Crippen LogP contribution is -2.42. The van der Waals surface area contributed by atoms with Gasteiger partial charge in [-0.15, -0.1) is 12.4 Å². The Bertz CT molecular complexity index is 641. The molecule has 0 bridgehead atoms. The van der Waals surface area contributed by atoms with Gasteiger partial charge in [-0.2, -0.15) is 0 Å². The summed E-state index contributed by atoms with van der Waals surface area (Å²) >= 11 is 0. The minimum Gasteiger partial charge on any atom is -0.338 e. The van der Waals surface area contributed by atoms with E-state index in [1.807, 2.05) is 30.0 Å². The molecule has 0 saturated carbocycles. The first kappa shape index (κ1) is 24.4. The van der Waals surface area contributed by atoms with Gasteiger partial charge in [0.05, 0.1) is 0 Å². The number of hydrogen-bond donors (Lipinski definition) is 2. The van der Waals surface area contributed by atoms with Gasteiger partial charge in [0.2, 0.25) is 5.91 Å². The van der Waals surface area contributed by atoms with Crippen molar-refractivity contribution in [2.45, 2.75) is 59.3 Å². The molecule has 1 aliphatic heterocycles. The second kappa shape index (κ2) is 12.1. The molecule has 6 heteroatoms. The third-order valence-electron chi connectivity index (χ3n) is 5.27. The first-order valence-electron chi connectivity index (χ1n) is 10.3. The molecule has 1 aliphatic rings. The molecule has 158 valence electrons. The number of anilines is 1. The maximum absolute atomic E-state index is 12.9. The molecule has 3 N–H and O–H groups in total. The van der Waals surface area contributed by atoms with Crippen molar-refractivity contribution in [1.29, 1.82) is 0 Å². The van der Waals surface area contributed by atoms with E-state index < -0.39 is 0 Å². The molecular weight excluding hydrogens is 374 g/mol. The zero-order chi connectivity index (χ0) is 19.8. The number of halogens is 1. The van der Waals surface area contributed by atoms with Crippen LogP contribution in [0.4, 0.5) is 5.69 Å². The van der Waals surface area contributed by atoms with Gasteiger partial charge < -0.3 is 16.0 Å². The van der Waals surface area contributed by atoms with Crippen LogP contribution in [0.15, 0.2) is 18.2 Å². The quantitative estimate of drug-likeness (QED) is 0.625. The third-order valence-corrected chi connectivity index (χ3v) is 5.27. The largest absolute Gasteiger partial charge is 0.338 e. The number of amides is 2. The molecule has 1 heterocycles. The molecule has 5 nitrogen and oxygen atoms in total. The van der Waals surface area contributed by atoms with E-state index in [9.17, 15) is 9.59 Å². The molecule has 1 aromatic rings. The molecule has 1 saturated heterocycles. The molecule has 1 aromatic carbocycles. The lowest BCUT2D eigenvalue weighted by atomic mass is 9.91. The molecular formula is C22H36ClN3O2. The normalized spacial score (nSPS) is 19.1. The van der Waals surface area contributed by atoms with E-state index in [0.29, 0.717) is 30.4 Å². The van der Waals surface area contributed by atoms with Crippen LogP contribution in [-0.4, -0.2) is 36.3 Å². The average molecular weight is 410 g/mol. The number of aryl methyl sites for hydroxylation is 1. The summed E-state index contributed by atoms with van der Waals surface area (Å²) in [6.07, 6.45) is 5.65. The Morgan fingerprint density at radius 1 is 1.11 bits per heavy atom. The van der Waals surface area contributed by atoms with Crippen LogP contribution in [0.3, 0.4) is 0 Å². The Labute approximate surface area is 175 Å². The van der Waals surface area contributed by atoms with Crippen molar-refractivity contribution in [1.82, 2.24) is 4.90 Å². The molecule has 1 fully saturated rings. The maximum Gasteiger partial charge on any atom is 0.253 e. The summed E-state index contributed by atoms with van der Waals surface area (Å²) in [5.41, 5.74) is 7.86. The number of nitrogens with two attached hydrogens (primary N) is 1. The van der Waals surface area contributed by atoms with E-state index in [4.69, 9.17) is 5.73 Å². The predicted molar refractivity (Wildman–Crippen MR) is 118 cm³/mol. The Kier molecular flexibility index (Phi) is 10.5. The fourth-order valence-electron chi connectivity index (χ4n) is 3.90. The maximum atomic E-state index is 12.9. The van der Waals surface area contributed by atoms with Crippen LogP contribution in [0.2, 0.25) is 0 Å². The highest BCUT2D eigenvalue weighted by atomic mass is 35.5. The van der Waals surface area contributed by atoms with Crippen molar-refractivity contribution in [3.8, 4) is 0 Å². The summed E-state index contributed by atoms with van der Waals surface area (Å²) < 4.78 is 0. The fourth-order valence-corrected chi connectivity index (χ4v) is 3.90. The van der Waals surface area contributed by atoms with Crippen molar-refractivity contribution < 1.29 is 9.59 Å². The topological polar surface area (TPSA) is 75.4 Å². The van der Waals surface area contributed by atoms with Gasteiger partial charge in [0.25, 0.3) is 5.91 Å². The van der Waals surface area contributed by atoms with Crippen LogP contribution in [0.25, 0.3) is 0 Å². The van der Waals surface area contributed by atoms with E-state index in [2.05, 4.69) is 19.2 Å². The van der Waals surface area contributed by atoms with Crippen LogP contribution >= 0.6 is 12.4 Å². The Morgan fingerprint density at radius 3 is 2.39 bits per heavy atom. The van der Waals surface area contributed by atoms with Gasteiger partial charge in [-0.05, 0) is 62.3 Å². The van der Waals surface area contributed by atoms with Crippen LogP contribution in [-0.2, 0) is 4.79 Å². The number of unbranched alkanes of at least 4 members (excludes halogenated alkanes) is 3. The van der Waals surface area contributed by atoms with Crippen LogP contribution in [0.5, 0.6) is 0 Å². The summed E-state index contributed by atoms with van der Waals surface area (Å²) in [5, 5.41) is 2.98. The SMILES string of the molecule is Cc1ccc(C(=O)N2CC(C)CC(C)C2)cc1NC(=O)CCCCCCN.Cl. The zero-order valence-corrected chi connectivity index (χ0v) is 18.3. The number of likely N-dealkylation sites (tertiary alicyclic amines) is 1. The van der Waals surface area contributed by atoms with Gasteiger partial charge in [-0.25, -0.2) is 0 Å². The zero-order valence-electron chi connectivity index (χ0n) is 17.5. The lowest BCUT2D eigenvalue weighted by molar-refractivity contribution is -0.116. The predicted octanol–water partition coefficient (Wildman–Crippen LogP) is 4.38. The van der Waals surface area contributed by atoms with Crippen molar-refractivity contribution in [2.75, 3.05) is 25.0 Å². The number of carbonyl (C=O) groups excluding carboxylic acids is 2. The van der Waals surface area contributed by atoms with Crippen molar-refractivity contribution in [2.24, 2.45) is 17.6 Å². The summed E-state index contributed by atoms with van der Waals surface area (Å²) in [4.78, 5) is 27.1. The highest BCUT2D eigenvalue weighted by Crippen LogP contribution is 2.24. The number of piperidine rings is 1. The molecule has 2 rings (SSSR count). The minimum absolute atomic E-state index is 0. The van der Waals surface area contributed by atoms with Crippen LogP contribution in [0, 0.1) is 18.8 Å². The van der Waals surface area contributed by atoms with Crippen LogP contribution < -0.4 is 11.1 Å². The van der Waals surface area contributed by atoms with Crippen molar-refractivity contribution in [3.63, 3.8) is 0 Å². The van der Waals surface area contributed by atoms with E-state index in [0.717, 1.165) is 50.0 Å². The molecule has 2 unspecified atom stereocenters. The van der Waals surface area contributed by atoms with E-state index in [1.165, 1.54) is 6.42 Å². The smallest absolute Gasteiger partial charge is 0.253 e. The molecule has 0 aromatic heterocycles. The standard InChI is InChI=1S/C22H35N3O2.ClH/c1-16-12-17(2)15-25(14-16)22(27)19-10-9-18(3)20(13-19)24-21(26)8-6-4-5-7-11-23;/h9-10,13,16-17H,4-8,11-12,14-15,23H2,1-3H3,(H,24,26);1H. The number of benzene rings is 1. The average Bonchev–Trinajstić information content (AvgIpc) is 2.62. The third kappa shape index (κ3) is 7.44. The van der Waals surface area contributed by atoms with Gasteiger partial charge in [0, 0.05) is 30.8 Å². The van der Waals surface area contributed by atoms with Gasteiger partial charge in [-0.1, -0.05) is 32.8 Å². The highest BCUT2D eigenvalue weighted by molar-refractivity contribution is 5.97. The first-order valence-corrected chi connectivity index (χ1v) is 10.3. The Morgan fingerprint density at radius 2 is 1.75 bits per heavy atom. The van der Waals surface area contributed by atoms with Crippen molar-refractivity contribution in [3.05, 3.63) is 29.3 Å².